The number of halogens is 2. The van der Waals surface area contributed by atoms with E-state index in [1.165, 1.54) is 42.5 Å². The summed E-state index contributed by atoms with van der Waals surface area (Å²) in [7, 11) is -4.14. The van der Waals surface area contributed by atoms with Gasteiger partial charge in [-0.3, -0.25) is 14.5 Å². The topological polar surface area (TPSA) is 90.0 Å². The number of carbonyl (C=O) groups excluding carboxylic acids is 2. The first-order chi connectivity index (χ1) is 16.3. The average Bonchev–Trinajstić information content (AvgIpc) is 3.32. The van der Waals surface area contributed by atoms with Crippen LogP contribution in [0.3, 0.4) is 0 Å². The van der Waals surface area contributed by atoms with E-state index in [0.29, 0.717) is 44.7 Å². The van der Waals surface area contributed by atoms with Crippen LogP contribution in [0.5, 0.6) is 0 Å². The standard InChI is InChI=1S/C23H26F2N4O4S/c24-17-7-9-18(10-8-17)26-22(30)16-27-12-14-28(15-13-27)23(31)20-5-3-11-29(20)34(32,33)21-6-2-1-4-19(21)25/h1-2,4,6-10,20H,3,5,11-16H2,(H,26,30). The molecule has 2 aromatic carbocycles. The minimum absolute atomic E-state index is 0.122. The third-order valence-corrected chi connectivity index (χ3v) is 8.03. The maximum Gasteiger partial charge on any atom is 0.246 e. The van der Waals surface area contributed by atoms with Crippen molar-refractivity contribution < 1.29 is 26.8 Å². The highest BCUT2D eigenvalue weighted by Crippen LogP contribution is 2.28. The molecule has 2 fully saturated rings. The Balaban J connectivity index is 1.33. The lowest BCUT2D eigenvalue weighted by molar-refractivity contribution is -0.136. The fraction of sp³-hybridized carbons (Fsp3) is 0.391. The van der Waals surface area contributed by atoms with Gasteiger partial charge in [0, 0.05) is 38.4 Å². The fourth-order valence-corrected chi connectivity index (χ4v) is 6.05. The van der Waals surface area contributed by atoms with E-state index in [0.717, 1.165) is 10.4 Å². The zero-order valence-electron chi connectivity index (χ0n) is 18.5. The summed E-state index contributed by atoms with van der Waals surface area (Å²) in [6.07, 6.45) is 0.903. The van der Waals surface area contributed by atoms with E-state index in [1.54, 1.807) is 4.90 Å². The largest absolute Gasteiger partial charge is 0.339 e. The number of hydrogen-bond acceptors (Lipinski definition) is 5. The molecule has 0 aromatic heterocycles. The molecule has 0 radical (unpaired) electrons. The molecule has 2 saturated heterocycles. The van der Waals surface area contributed by atoms with Crippen molar-refractivity contribution in [3.8, 4) is 0 Å². The predicted octanol–water partition coefficient (Wildman–Crippen LogP) is 1.90. The summed E-state index contributed by atoms with van der Waals surface area (Å²) in [6, 6.07) is 9.79. The van der Waals surface area contributed by atoms with E-state index in [-0.39, 0.29) is 30.7 Å². The Bertz CT molecular complexity index is 1150. The first-order valence-corrected chi connectivity index (χ1v) is 12.5. The lowest BCUT2D eigenvalue weighted by Crippen LogP contribution is -2.55. The molecule has 0 bridgehead atoms. The van der Waals surface area contributed by atoms with Gasteiger partial charge in [0.1, 0.15) is 22.6 Å². The van der Waals surface area contributed by atoms with E-state index >= 15 is 0 Å². The molecule has 2 aromatic rings. The lowest BCUT2D eigenvalue weighted by Gasteiger charge is -2.36. The van der Waals surface area contributed by atoms with Gasteiger partial charge < -0.3 is 10.2 Å². The molecule has 182 valence electrons. The molecular formula is C23H26F2N4O4S. The number of nitrogens with one attached hydrogen (secondary N) is 1. The molecule has 11 heteroatoms. The fourth-order valence-electron chi connectivity index (χ4n) is 4.33. The van der Waals surface area contributed by atoms with Gasteiger partial charge in [-0.25, -0.2) is 17.2 Å². The summed E-state index contributed by atoms with van der Waals surface area (Å²) in [6.45, 7) is 1.90. The van der Waals surface area contributed by atoms with Crippen LogP contribution in [-0.2, 0) is 19.6 Å². The number of rotatable bonds is 6. The Morgan fingerprint density at radius 2 is 1.62 bits per heavy atom. The van der Waals surface area contributed by atoms with Crippen LogP contribution in [0, 0.1) is 11.6 Å². The summed E-state index contributed by atoms with van der Waals surface area (Å²) in [5, 5.41) is 2.71. The van der Waals surface area contributed by atoms with Crippen LogP contribution in [0.25, 0.3) is 0 Å². The van der Waals surface area contributed by atoms with Crippen LogP contribution < -0.4 is 5.32 Å². The summed E-state index contributed by atoms with van der Waals surface area (Å²) < 4.78 is 54.3. The Kier molecular flexibility index (Phi) is 7.24. The average molecular weight is 493 g/mol. The molecule has 1 unspecified atom stereocenters. The number of hydrogen-bond donors (Lipinski definition) is 1. The highest BCUT2D eigenvalue weighted by Gasteiger charge is 2.42. The van der Waals surface area contributed by atoms with Gasteiger partial charge in [0.25, 0.3) is 0 Å². The number of nitrogens with zero attached hydrogens (tertiary/aromatic N) is 3. The van der Waals surface area contributed by atoms with Crippen molar-refractivity contribution in [1.29, 1.82) is 0 Å². The van der Waals surface area contributed by atoms with Crippen molar-refractivity contribution in [2.45, 2.75) is 23.8 Å². The van der Waals surface area contributed by atoms with E-state index in [4.69, 9.17) is 0 Å². The molecule has 0 spiro atoms. The van der Waals surface area contributed by atoms with Crippen molar-refractivity contribution in [2.75, 3.05) is 44.6 Å². The molecule has 2 aliphatic rings. The van der Waals surface area contributed by atoms with Gasteiger partial charge in [0.05, 0.1) is 6.54 Å². The summed E-state index contributed by atoms with van der Waals surface area (Å²) in [5.41, 5.74) is 0.498. The third kappa shape index (κ3) is 5.26. The van der Waals surface area contributed by atoms with Crippen LogP contribution in [0.4, 0.5) is 14.5 Å². The monoisotopic (exact) mass is 492 g/mol. The molecule has 1 N–H and O–H groups in total. The number of amides is 2. The maximum atomic E-state index is 14.2. The van der Waals surface area contributed by atoms with Gasteiger partial charge in [-0.15, -0.1) is 0 Å². The van der Waals surface area contributed by atoms with Crippen LogP contribution in [0.2, 0.25) is 0 Å². The highest BCUT2D eigenvalue weighted by atomic mass is 32.2. The summed E-state index contributed by atoms with van der Waals surface area (Å²) in [5.74, 6) is -1.77. The second-order valence-electron chi connectivity index (χ2n) is 8.36. The Morgan fingerprint density at radius 3 is 2.29 bits per heavy atom. The van der Waals surface area contributed by atoms with Gasteiger partial charge in [-0.1, -0.05) is 12.1 Å². The van der Waals surface area contributed by atoms with E-state index in [1.807, 2.05) is 4.90 Å². The number of sulfonamides is 1. The van der Waals surface area contributed by atoms with Crippen LogP contribution in [0.15, 0.2) is 53.4 Å². The van der Waals surface area contributed by atoms with Gasteiger partial charge in [0.2, 0.25) is 21.8 Å². The first kappa shape index (κ1) is 24.2. The molecule has 0 saturated carbocycles. The maximum absolute atomic E-state index is 14.2. The normalized spacial score (nSPS) is 19.8. The van der Waals surface area contributed by atoms with Crippen LogP contribution in [0.1, 0.15) is 12.8 Å². The molecule has 2 amide bonds. The van der Waals surface area contributed by atoms with E-state index in [9.17, 15) is 26.8 Å². The van der Waals surface area contributed by atoms with Crippen LogP contribution in [-0.4, -0.2) is 79.6 Å². The third-order valence-electron chi connectivity index (χ3n) is 6.09. The van der Waals surface area contributed by atoms with Crippen molar-refractivity contribution in [3.05, 3.63) is 60.2 Å². The molecule has 1 atom stereocenters. The van der Waals surface area contributed by atoms with Gasteiger partial charge in [-0.05, 0) is 49.2 Å². The SMILES string of the molecule is O=C(CN1CCN(C(=O)C2CCCN2S(=O)(=O)c2ccccc2F)CC1)Nc1ccc(F)cc1. The number of carbonyl (C=O) groups is 2. The Morgan fingerprint density at radius 1 is 0.941 bits per heavy atom. The van der Waals surface area contributed by atoms with Crippen molar-refractivity contribution >= 4 is 27.5 Å². The Hall–Kier alpha value is -2.89. The second kappa shape index (κ2) is 10.2. The molecule has 2 aliphatic heterocycles. The van der Waals surface area contributed by atoms with Crippen molar-refractivity contribution in [1.82, 2.24) is 14.1 Å². The minimum atomic E-state index is -4.14. The zero-order chi connectivity index (χ0) is 24.3. The van der Waals surface area contributed by atoms with Gasteiger partial charge in [-0.2, -0.15) is 4.31 Å². The van der Waals surface area contributed by atoms with Crippen molar-refractivity contribution in [3.63, 3.8) is 0 Å². The summed E-state index contributed by atoms with van der Waals surface area (Å²) in [4.78, 5) is 28.5. The number of piperazine rings is 1. The molecule has 8 nitrogen and oxygen atoms in total. The second-order valence-corrected chi connectivity index (χ2v) is 10.2. The van der Waals surface area contributed by atoms with Gasteiger partial charge in [0.15, 0.2) is 0 Å². The van der Waals surface area contributed by atoms with Crippen molar-refractivity contribution in [2.24, 2.45) is 0 Å². The van der Waals surface area contributed by atoms with Gasteiger partial charge >= 0.3 is 0 Å². The summed E-state index contributed by atoms with van der Waals surface area (Å²) >= 11 is 0. The quantitative estimate of drug-likeness (QED) is 0.666. The van der Waals surface area contributed by atoms with Crippen LogP contribution >= 0.6 is 0 Å². The van der Waals surface area contributed by atoms with E-state index in [2.05, 4.69) is 5.32 Å². The van der Waals surface area contributed by atoms with E-state index < -0.39 is 26.8 Å². The minimum Gasteiger partial charge on any atom is -0.339 e. The molecule has 0 aliphatic carbocycles. The molecule has 4 rings (SSSR count). The Labute approximate surface area is 197 Å². The number of anilines is 1. The highest BCUT2D eigenvalue weighted by molar-refractivity contribution is 7.89. The zero-order valence-corrected chi connectivity index (χ0v) is 19.3. The molecule has 2 heterocycles. The predicted molar refractivity (Wildman–Crippen MR) is 121 cm³/mol. The smallest absolute Gasteiger partial charge is 0.246 e. The molecular weight excluding hydrogens is 466 g/mol. The number of benzene rings is 2. The molecule has 34 heavy (non-hydrogen) atoms. The first-order valence-electron chi connectivity index (χ1n) is 11.1. The lowest BCUT2D eigenvalue weighted by atomic mass is 10.2.